The molecule has 0 unspecified atom stereocenters. The lowest BCUT2D eigenvalue weighted by Crippen LogP contribution is -2.49. The smallest absolute Gasteiger partial charge is 0.251 e. The summed E-state index contributed by atoms with van der Waals surface area (Å²) in [6.45, 7) is 6.21. The molecule has 3 N–H and O–H groups in total. The fourth-order valence-corrected chi connectivity index (χ4v) is 4.92. The van der Waals surface area contributed by atoms with Gasteiger partial charge >= 0.3 is 0 Å². The van der Waals surface area contributed by atoms with Crippen molar-refractivity contribution in [1.82, 2.24) is 10.6 Å². The first kappa shape index (κ1) is 27.7. The average molecular weight is 523 g/mol. The number of hydrogen-bond donors (Lipinski definition) is 3. The Labute approximate surface area is 223 Å². The van der Waals surface area contributed by atoms with Crippen LogP contribution in [0.2, 0.25) is 0 Å². The highest BCUT2D eigenvalue weighted by Gasteiger charge is 2.26. The van der Waals surface area contributed by atoms with E-state index >= 15 is 0 Å². The first-order valence-electron chi connectivity index (χ1n) is 13.1. The zero-order valence-electron chi connectivity index (χ0n) is 22.1. The molecule has 0 aliphatic heterocycles. The number of halogens is 2. The van der Waals surface area contributed by atoms with E-state index in [0.29, 0.717) is 11.1 Å². The fourth-order valence-electron chi connectivity index (χ4n) is 4.92. The molecule has 1 aliphatic carbocycles. The van der Waals surface area contributed by atoms with Crippen LogP contribution in [0.3, 0.4) is 0 Å². The summed E-state index contributed by atoms with van der Waals surface area (Å²) in [6, 6.07) is 17.3. The topological polar surface area (TPSA) is 70.6 Å². The first-order valence-corrected chi connectivity index (χ1v) is 13.1. The number of hydrogen-bond acceptors (Lipinski definition) is 4. The van der Waals surface area contributed by atoms with Gasteiger partial charge in [-0.05, 0) is 99.5 Å². The maximum Gasteiger partial charge on any atom is 0.251 e. The van der Waals surface area contributed by atoms with Gasteiger partial charge in [0.25, 0.3) is 5.91 Å². The minimum absolute atomic E-state index is 0.00834. The molecule has 3 aromatic rings. The molecule has 0 saturated carbocycles. The first-order chi connectivity index (χ1) is 18.1. The molecule has 3 atom stereocenters. The van der Waals surface area contributed by atoms with Gasteiger partial charge in [0.2, 0.25) is 0 Å². The van der Waals surface area contributed by atoms with Crippen LogP contribution in [0.15, 0.2) is 66.7 Å². The lowest BCUT2D eigenvalue weighted by molar-refractivity contribution is 0.0822. The van der Waals surface area contributed by atoms with Crippen molar-refractivity contribution in [1.29, 1.82) is 0 Å². The number of ether oxygens (including phenoxy) is 1. The molecule has 1 aliphatic rings. The Kier molecular flexibility index (Phi) is 8.80. The minimum Gasteiger partial charge on any atom is -0.488 e. The van der Waals surface area contributed by atoms with Crippen molar-refractivity contribution in [2.45, 2.75) is 70.2 Å². The van der Waals surface area contributed by atoms with Crippen molar-refractivity contribution in [2.24, 2.45) is 0 Å². The number of rotatable bonds is 9. The lowest BCUT2D eigenvalue weighted by Gasteiger charge is -2.31. The Hall–Kier alpha value is -3.29. The summed E-state index contributed by atoms with van der Waals surface area (Å²) in [5, 5.41) is 17.5. The Morgan fingerprint density at radius 1 is 1.05 bits per heavy atom. The second-order valence-corrected chi connectivity index (χ2v) is 10.9. The van der Waals surface area contributed by atoms with Gasteiger partial charge in [0.15, 0.2) is 0 Å². The summed E-state index contributed by atoms with van der Waals surface area (Å²) in [5.74, 6) is -0.967. The summed E-state index contributed by atoms with van der Waals surface area (Å²) in [4.78, 5) is 12.9. The van der Waals surface area contributed by atoms with Crippen molar-refractivity contribution in [3.63, 3.8) is 0 Å². The minimum atomic E-state index is -1.01. The molecular weight excluding hydrogens is 486 g/mol. The molecule has 4 rings (SSSR count). The second-order valence-electron chi connectivity index (χ2n) is 10.9. The van der Waals surface area contributed by atoms with Gasteiger partial charge < -0.3 is 20.5 Å². The van der Waals surface area contributed by atoms with Crippen LogP contribution in [0.1, 0.15) is 66.7 Å². The molecular formula is C31H36F2N2O3. The largest absolute Gasteiger partial charge is 0.488 e. The molecule has 0 bridgehead atoms. The summed E-state index contributed by atoms with van der Waals surface area (Å²) in [6.07, 6.45) is 1.95. The van der Waals surface area contributed by atoms with Crippen molar-refractivity contribution < 1.29 is 23.4 Å². The van der Waals surface area contributed by atoms with E-state index in [-0.39, 0.29) is 30.5 Å². The standard InChI is InChI=1S/C31H36F2N2O3/c1-31(2,3)38-25-13-12-21-10-7-11-27(26(21)18-25)34-19-29(36)28(16-20-14-23(32)17-24(33)15-20)35-30(37)22-8-5-4-6-9-22/h4-6,8-9,12-15,17-18,27-29,34,36H,7,10-11,16,19H2,1-3H3,(H,35,37)/t27-,28-,29+/m0/s1. The van der Waals surface area contributed by atoms with E-state index in [0.717, 1.165) is 36.6 Å². The van der Waals surface area contributed by atoms with Gasteiger partial charge in [-0.3, -0.25) is 4.79 Å². The number of fused-ring (bicyclic) bond motifs is 1. The van der Waals surface area contributed by atoms with Crippen LogP contribution in [0.25, 0.3) is 0 Å². The van der Waals surface area contributed by atoms with Crippen LogP contribution >= 0.6 is 0 Å². The highest BCUT2D eigenvalue weighted by molar-refractivity contribution is 5.94. The van der Waals surface area contributed by atoms with Crippen molar-refractivity contribution in [3.05, 3.63) is 101 Å². The highest BCUT2D eigenvalue weighted by Crippen LogP contribution is 2.33. The number of carbonyl (C=O) groups is 1. The van der Waals surface area contributed by atoms with Crippen LogP contribution in [-0.4, -0.2) is 35.3 Å². The van der Waals surface area contributed by atoms with E-state index in [9.17, 15) is 18.7 Å². The number of nitrogens with one attached hydrogen (secondary N) is 2. The number of aliphatic hydroxyl groups excluding tert-OH is 1. The van der Waals surface area contributed by atoms with Gasteiger partial charge in [-0.1, -0.05) is 24.3 Å². The quantitative estimate of drug-likeness (QED) is 0.347. The molecule has 0 fully saturated rings. The number of aliphatic hydroxyl groups is 1. The highest BCUT2D eigenvalue weighted by atomic mass is 19.1. The van der Waals surface area contributed by atoms with Gasteiger partial charge in [0, 0.05) is 24.2 Å². The monoisotopic (exact) mass is 522 g/mol. The summed E-state index contributed by atoms with van der Waals surface area (Å²) in [7, 11) is 0. The van der Waals surface area contributed by atoms with E-state index in [1.54, 1.807) is 24.3 Å². The third-order valence-corrected chi connectivity index (χ3v) is 6.62. The van der Waals surface area contributed by atoms with E-state index in [1.807, 2.05) is 32.9 Å². The molecule has 0 radical (unpaired) electrons. The number of carbonyl (C=O) groups excluding carboxylic acids is 1. The molecule has 0 aromatic heterocycles. The fraction of sp³-hybridized carbons (Fsp3) is 0.387. The average Bonchev–Trinajstić information content (AvgIpc) is 2.85. The van der Waals surface area contributed by atoms with E-state index in [2.05, 4.69) is 22.8 Å². The number of aryl methyl sites for hydroxylation is 1. The molecule has 0 spiro atoms. The third kappa shape index (κ3) is 7.62. The normalized spacial score (nSPS) is 16.8. The molecule has 3 aromatic carbocycles. The van der Waals surface area contributed by atoms with Crippen molar-refractivity contribution in [3.8, 4) is 5.75 Å². The summed E-state index contributed by atoms with van der Waals surface area (Å²) >= 11 is 0. The molecule has 38 heavy (non-hydrogen) atoms. The van der Waals surface area contributed by atoms with Gasteiger partial charge in [-0.15, -0.1) is 0 Å². The molecule has 5 nitrogen and oxygen atoms in total. The second kappa shape index (κ2) is 12.0. The maximum atomic E-state index is 13.9. The number of amides is 1. The predicted molar refractivity (Wildman–Crippen MR) is 144 cm³/mol. The van der Waals surface area contributed by atoms with Crippen LogP contribution in [0.4, 0.5) is 8.78 Å². The molecule has 0 saturated heterocycles. The summed E-state index contributed by atoms with van der Waals surface area (Å²) in [5.41, 5.74) is 2.86. The lowest BCUT2D eigenvalue weighted by atomic mass is 9.87. The molecule has 1 amide bonds. The van der Waals surface area contributed by atoms with Crippen LogP contribution in [-0.2, 0) is 12.8 Å². The zero-order chi connectivity index (χ0) is 27.3. The van der Waals surface area contributed by atoms with E-state index in [4.69, 9.17) is 4.74 Å². The zero-order valence-corrected chi connectivity index (χ0v) is 22.1. The maximum absolute atomic E-state index is 13.9. The van der Waals surface area contributed by atoms with E-state index in [1.165, 1.54) is 17.7 Å². The van der Waals surface area contributed by atoms with Crippen molar-refractivity contribution >= 4 is 5.91 Å². The van der Waals surface area contributed by atoms with Crippen LogP contribution in [0, 0.1) is 11.6 Å². The Balaban J connectivity index is 1.50. The van der Waals surface area contributed by atoms with Gasteiger partial charge in [0.1, 0.15) is 23.0 Å². The van der Waals surface area contributed by atoms with Crippen LogP contribution < -0.4 is 15.4 Å². The Morgan fingerprint density at radius 3 is 2.45 bits per heavy atom. The predicted octanol–water partition coefficient (Wildman–Crippen LogP) is 5.51. The summed E-state index contributed by atoms with van der Waals surface area (Å²) < 4.78 is 33.8. The van der Waals surface area contributed by atoms with Crippen molar-refractivity contribution in [2.75, 3.05) is 6.54 Å². The van der Waals surface area contributed by atoms with Gasteiger partial charge in [-0.2, -0.15) is 0 Å². The SMILES string of the molecule is CC(C)(C)Oc1ccc2c(c1)[C@@H](NC[C@@H](O)[C@H](Cc1cc(F)cc(F)c1)NC(=O)c1ccccc1)CCC2. The number of benzene rings is 3. The Morgan fingerprint density at radius 2 is 1.76 bits per heavy atom. The third-order valence-electron chi connectivity index (χ3n) is 6.62. The van der Waals surface area contributed by atoms with Gasteiger partial charge in [0.05, 0.1) is 12.1 Å². The Bertz CT molecular complexity index is 1220. The van der Waals surface area contributed by atoms with E-state index < -0.39 is 23.8 Å². The molecule has 202 valence electrons. The molecule has 0 heterocycles. The van der Waals surface area contributed by atoms with Gasteiger partial charge in [-0.25, -0.2) is 8.78 Å². The van der Waals surface area contributed by atoms with Crippen LogP contribution in [0.5, 0.6) is 5.75 Å². The molecule has 7 heteroatoms.